The third kappa shape index (κ3) is 3.82. The molecule has 0 atom stereocenters. The predicted octanol–water partition coefficient (Wildman–Crippen LogP) is 2.86. The summed E-state index contributed by atoms with van der Waals surface area (Å²) in [6, 6.07) is 18.6. The van der Waals surface area contributed by atoms with Crippen LogP contribution < -0.4 is 5.32 Å². The minimum Gasteiger partial charge on any atom is -0.477 e. The SMILES string of the molecule is CC(=O)/C(C(=O)O)=C(\NCc1ccccc1)c1ccccc1. The minimum absolute atomic E-state index is 0.234. The highest BCUT2D eigenvalue weighted by Gasteiger charge is 2.20. The summed E-state index contributed by atoms with van der Waals surface area (Å²) in [7, 11) is 0. The van der Waals surface area contributed by atoms with Crippen LogP contribution >= 0.6 is 0 Å². The molecule has 0 aromatic heterocycles. The maximum absolute atomic E-state index is 11.7. The van der Waals surface area contributed by atoms with Gasteiger partial charge in [0.1, 0.15) is 5.57 Å². The van der Waals surface area contributed by atoms with E-state index in [9.17, 15) is 14.7 Å². The number of carbonyl (C=O) groups is 2. The molecule has 0 saturated heterocycles. The van der Waals surface area contributed by atoms with Crippen LogP contribution in [0.1, 0.15) is 18.1 Å². The Morgan fingerprint density at radius 3 is 2.00 bits per heavy atom. The number of ketones is 1. The van der Waals surface area contributed by atoms with Gasteiger partial charge in [-0.1, -0.05) is 60.7 Å². The second kappa shape index (κ2) is 7.22. The molecule has 0 saturated carbocycles. The maximum atomic E-state index is 11.7. The number of carbonyl (C=O) groups excluding carboxylic acids is 1. The fourth-order valence-electron chi connectivity index (χ4n) is 2.16. The second-order valence-corrected chi connectivity index (χ2v) is 4.82. The lowest BCUT2D eigenvalue weighted by molar-refractivity contribution is -0.134. The van der Waals surface area contributed by atoms with Gasteiger partial charge in [-0.25, -0.2) is 4.79 Å². The fourth-order valence-corrected chi connectivity index (χ4v) is 2.16. The zero-order valence-electron chi connectivity index (χ0n) is 12.2. The fraction of sp³-hybridized carbons (Fsp3) is 0.111. The number of nitrogens with one attached hydrogen (secondary N) is 1. The van der Waals surface area contributed by atoms with Gasteiger partial charge in [0.15, 0.2) is 5.78 Å². The Labute approximate surface area is 129 Å². The van der Waals surface area contributed by atoms with E-state index >= 15 is 0 Å². The van der Waals surface area contributed by atoms with Crippen LogP contribution in [0.2, 0.25) is 0 Å². The summed E-state index contributed by atoms with van der Waals surface area (Å²) in [6.45, 7) is 1.70. The molecule has 0 unspecified atom stereocenters. The lowest BCUT2D eigenvalue weighted by atomic mass is 10.0. The highest BCUT2D eigenvalue weighted by molar-refractivity contribution is 6.21. The number of benzene rings is 2. The predicted molar refractivity (Wildman–Crippen MR) is 85.0 cm³/mol. The topological polar surface area (TPSA) is 66.4 Å². The molecule has 4 heteroatoms. The molecule has 2 N–H and O–H groups in total. The van der Waals surface area contributed by atoms with Gasteiger partial charge in [-0.3, -0.25) is 4.79 Å². The summed E-state index contributed by atoms with van der Waals surface area (Å²) in [5, 5.41) is 12.4. The van der Waals surface area contributed by atoms with E-state index in [0.29, 0.717) is 17.8 Å². The summed E-state index contributed by atoms with van der Waals surface area (Å²) in [5.74, 6) is -1.71. The van der Waals surface area contributed by atoms with Crippen LogP contribution in [-0.4, -0.2) is 16.9 Å². The van der Waals surface area contributed by atoms with Crippen molar-refractivity contribution in [3.8, 4) is 0 Å². The number of rotatable bonds is 6. The van der Waals surface area contributed by atoms with Gasteiger partial charge in [-0.05, 0) is 18.1 Å². The molecule has 0 bridgehead atoms. The average molecular weight is 295 g/mol. The van der Waals surface area contributed by atoms with Gasteiger partial charge in [0.05, 0.1) is 5.70 Å². The second-order valence-electron chi connectivity index (χ2n) is 4.82. The average Bonchev–Trinajstić information content (AvgIpc) is 2.52. The smallest absolute Gasteiger partial charge is 0.341 e. The molecule has 0 radical (unpaired) electrons. The third-order valence-electron chi connectivity index (χ3n) is 3.19. The first-order valence-electron chi connectivity index (χ1n) is 6.91. The lowest BCUT2D eigenvalue weighted by Gasteiger charge is -2.14. The van der Waals surface area contributed by atoms with Crippen LogP contribution in [0.5, 0.6) is 0 Å². The van der Waals surface area contributed by atoms with Gasteiger partial charge in [-0.2, -0.15) is 0 Å². The monoisotopic (exact) mass is 295 g/mol. The van der Waals surface area contributed by atoms with Gasteiger partial charge >= 0.3 is 5.97 Å². The molecule has 0 fully saturated rings. The molecule has 22 heavy (non-hydrogen) atoms. The van der Waals surface area contributed by atoms with Crippen molar-refractivity contribution < 1.29 is 14.7 Å². The molecular weight excluding hydrogens is 278 g/mol. The van der Waals surface area contributed by atoms with Gasteiger partial charge < -0.3 is 10.4 Å². The van der Waals surface area contributed by atoms with Crippen molar-refractivity contribution in [2.75, 3.05) is 0 Å². The van der Waals surface area contributed by atoms with Crippen molar-refractivity contribution in [3.05, 3.63) is 77.4 Å². The molecule has 0 spiro atoms. The molecular formula is C18H17NO3. The van der Waals surface area contributed by atoms with Crippen LogP contribution in [0.25, 0.3) is 5.70 Å². The molecule has 0 aliphatic heterocycles. The summed E-state index contributed by atoms with van der Waals surface area (Å²) >= 11 is 0. The molecule has 0 aliphatic rings. The number of aliphatic carboxylic acids is 1. The van der Waals surface area contributed by atoms with E-state index in [0.717, 1.165) is 5.56 Å². The Kier molecular flexibility index (Phi) is 5.09. The molecule has 2 rings (SSSR count). The first-order chi connectivity index (χ1) is 10.6. The molecule has 0 heterocycles. The summed E-state index contributed by atoms with van der Waals surface area (Å²) < 4.78 is 0. The van der Waals surface area contributed by atoms with Crippen LogP contribution in [0.4, 0.5) is 0 Å². The molecule has 2 aromatic carbocycles. The Hall–Kier alpha value is -2.88. The number of hydrogen-bond donors (Lipinski definition) is 2. The number of hydrogen-bond acceptors (Lipinski definition) is 3. The standard InChI is InChI=1S/C18H17NO3/c1-13(20)16(18(21)22)17(15-10-6-3-7-11-15)19-12-14-8-4-2-5-9-14/h2-11,19H,12H2,1H3,(H,21,22)/b17-16+. The maximum Gasteiger partial charge on any atom is 0.341 e. The quantitative estimate of drug-likeness (QED) is 0.488. The van der Waals surface area contributed by atoms with E-state index in [1.54, 1.807) is 24.3 Å². The Bertz CT molecular complexity index is 675. The van der Waals surface area contributed by atoms with Crippen molar-refractivity contribution in [3.63, 3.8) is 0 Å². The zero-order valence-corrected chi connectivity index (χ0v) is 12.2. The van der Waals surface area contributed by atoms with Crippen LogP contribution in [0.15, 0.2) is 66.2 Å². The summed E-state index contributed by atoms with van der Waals surface area (Å²) in [5.41, 5.74) is 1.78. The van der Waals surface area contributed by atoms with Crippen molar-refractivity contribution in [1.82, 2.24) is 5.32 Å². The van der Waals surface area contributed by atoms with Crippen LogP contribution in [0, 0.1) is 0 Å². The van der Waals surface area contributed by atoms with E-state index < -0.39 is 11.8 Å². The molecule has 4 nitrogen and oxygen atoms in total. The normalized spacial score (nSPS) is 11.5. The van der Waals surface area contributed by atoms with Gasteiger partial charge in [-0.15, -0.1) is 0 Å². The number of carboxylic acid groups (broad SMARTS) is 1. The van der Waals surface area contributed by atoms with E-state index in [4.69, 9.17) is 0 Å². The molecule has 2 aromatic rings. The van der Waals surface area contributed by atoms with Crippen LogP contribution in [-0.2, 0) is 16.1 Å². The van der Waals surface area contributed by atoms with E-state index in [1.807, 2.05) is 36.4 Å². The highest BCUT2D eigenvalue weighted by atomic mass is 16.4. The van der Waals surface area contributed by atoms with Crippen LogP contribution in [0.3, 0.4) is 0 Å². The lowest BCUT2D eigenvalue weighted by Crippen LogP contribution is -2.21. The number of Topliss-reactive ketones (excluding diaryl/α,β-unsaturated/α-hetero) is 1. The van der Waals surface area contributed by atoms with Crippen molar-refractivity contribution in [1.29, 1.82) is 0 Å². The van der Waals surface area contributed by atoms with E-state index in [2.05, 4.69) is 5.32 Å². The van der Waals surface area contributed by atoms with Gasteiger partial charge in [0, 0.05) is 6.54 Å². The summed E-state index contributed by atoms with van der Waals surface area (Å²) in [6.07, 6.45) is 0. The van der Waals surface area contributed by atoms with E-state index in [1.165, 1.54) is 6.92 Å². The first-order valence-corrected chi connectivity index (χ1v) is 6.91. The highest BCUT2D eigenvalue weighted by Crippen LogP contribution is 2.18. The first kappa shape index (κ1) is 15.5. The Morgan fingerprint density at radius 1 is 0.955 bits per heavy atom. The Balaban J connectivity index is 2.40. The van der Waals surface area contributed by atoms with Crippen molar-refractivity contribution >= 4 is 17.4 Å². The summed E-state index contributed by atoms with van der Waals surface area (Å²) in [4.78, 5) is 23.2. The molecule has 112 valence electrons. The van der Waals surface area contributed by atoms with Crippen molar-refractivity contribution in [2.24, 2.45) is 0 Å². The minimum atomic E-state index is -1.23. The van der Waals surface area contributed by atoms with E-state index in [-0.39, 0.29) is 5.57 Å². The molecule has 0 amide bonds. The zero-order chi connectivity index (χ0) is 15.9. The van der Waals surface area contributed by atoms with Gasteiger partial charge in [0.25, 0.3) is 0 Å². The van der Waals surface area contributed by atoms with Gasteiger partial charge in [0.2, 0.25) is 0 Å². The largest absolute Gasteiger partial charge is 0.477 e. The Morgan fingerprint density at radius 2 is 1.50 bits per heavy atom. The third-order valence-corrected chi connectivity index (χ3v) is 3.19. The number of carboxylic acids is 1. The van der Waals surface area contributed by atoms with Crippen molar-refractivity contribution in [2.45, 2.75) is 13.5 Å². The molecule has 0 aliphatic carbocycles.